The van der Waals surface area contributed by atoms with Crippen LogP contribution in [-0.4, -0.2) is 29.5 Å². The van der Waals surface area contributed by atoms with Crippen LogP contribution in [0, 0.1) is 0 Å². The zero-order chi connectivity index (χ0) is 10.1. The van der Waals surface area contributed by atoms with Gasteiger partial charge in [-0.3, -0.25) is 0 Å². The number of carboxylic acids is 1. The molecule has 1 rings (SSSR count). The molecule has 0 aliphatic rings. The van der Waals surface area contributed by atoms with Crippen LogP contribution in [-0.2, 0) is 0 Å². The van der Waals surface area contributed by atoms with Gasteiger partial charge < -0.3 is 0 Å². The third-order valence-electron chi connectivity index (χ3n) is 1.97. The third kappa shape index (κ3) is 2.46. The summed E-state index contributed by atoms with van der Waals surface area (Å²) < 4.78 is 1.09. The topological polar surface area (TPSA) is 37.3 Å². The van der Waals surface area contributed by atoms with E-state index in [1.807, 2.05) is 12.1 Å². The van der Waals surface area contributed by atoms with Crippen molar-refractivity contribution in [3.63, 3.8) is 0 Å². The molecule has 1 aromatic rings. The van der Waals surface area contributed by atoms with Crippen LogP contribution in [0.15, 0.2) is 24.3 Å². The Balaban J connectivity index is 3.28. The minimum atomic E-state index is -2.24. The molecule has 1 N–H and O–H groups in total. The maximum absolute atomic E-state index is 10.9. The van der Waals surface area contributed by atoms with Crippen LogP contribution in [0.1, 0.15) is 10.4 Å². The van der Waals surface area contributed by atoms with Gasteiger partial charge in [0.25, 0.3) is 0 Å². The molecule has 0 aromatic heterocycles. The van der Waals surface area contributed by atoms with Crippen LogP contribution in [0.3, 0.4) is 0 Å². The molecule has 0 fully saturated rings. The normalized spacial score (nSPS) is 11.3. The van der Waals surface area contributed by atoms with Crippen LogP contribution in [0.5, 0.6) is 0 Å². The first kappa shape index (κ1) is 10.6. The SMILES string of the molecule is [CH3][Sn]([CH3])([CH3])[c]1ccccc1C(=O)O. The van der Waals surface area contributed by atoms with Gasteiger partial charge >= 0.3 is 82.5 Å². The molecule has 0 saturated carbocycles. The van der Waals surface area contributed by atoms with Crippen molar-refractivity contribution in [3.8, 4) is 0 Å². The average molecular weight is 285 g/mol. The number of hydrogen-bond acceptors (Lipinski definition) is 1. The second-order valence-electron chi connectivity index (χ2n) is 4.10. The molecule has 70 valence electrons. The molecule has 0 aliphatic heterocycles. The first-order chi connectivity index (χ1) is 5.93. The van der Waals surface area contributed by atoms with Gasteiger partial charge in [0, 0.05) is 0 Å². The number of aromatic carboxylic acids is 1. The molecule has 0 saturated heterocycles. The predicted molar refractivity (Wildman–Crippen MR) is 56.4 cm³/mol. The monoisotopic (exact) mass is 286 g/mol. The van der Waals surface area contributed by atoms with Gasteiger partial charge in [-0.05, 0) is 0 Å². The summed E-state index contributed by atoms with van der Waals surface area (Å²) in [5.74, 6) is -0.803. The van der Waals surface area contributed by atoms with Crippen LogP contribution in [0.25, 0.3) is 0 Å². The van der Waals surface area contributed by atoms with E-state index in [9.17, 15) is 4.79 Å². The average Bonchev–Trinajstić information content (AvgIpc) is 2.03. The Bertz CT molecular complexity index is 326. The van der Waals surface area contributed by atoms with E-state index >= 15 is 0 Å². The molecule has 13 heavy (non-hydrogen) atoms. The van der Waals surface area contributed by atoms with Gasteiger partial charge in [0.15, 0.2) is 0 Å². The van der Waals surface area contributed by atoms with Gasteiger partial charge in [-0.15, -0.1) is 0 Å². The van der Waals surface area contributed by atoms with Gasteiger partial charge in [0.1, 0.15) is 0 Å². The number of carbonyl (C=O) groups is 1. The molecule has 0 amide bonds. The summed E-state index contributed by atoms with van der Waals surface area (Å²) >= 11 is -2.24. The molecule has 1 aromatic carbocycles. The number of hydrogen-bond donors (Lipinski definition) is 1. The van der Waals surface area contributed by atoms with E-state index < -0.39 is 24.3 Å². The van der Waals surface area contributed by atoms with E-state index in [0.29, 0.717) is 5.56 Å². The quantitative estimate of drug-likeness (QED) is 0.843. The van der Waals surface area contributed by atoms with E-state index in [0.717, 1.165) is 3.58 Å². The van der Waals surface area contributed by atoms with Crippen LogP contribution in [0.2, 0.25) is 14.8 Å². The van der Waals surface area contributed by atoms with Gasteiger partial charge in [-0.25, -0.2) is 0 Å². The molecule has 0 bridgehead atoms. The molecular formula is C10H14O2Sn. The summed E-state index contributed by atoms with van der Waals surface area (Å²) in [6.07, 6.45) is 0. The second-order valence-corrected chi connectivity index (χ2v) is 18.5. The van der Waals surface area contributed by atoms with Crippen molar-refractivity contribution in [1.29, 1.82) is 0 Å². The molecule has 0 spiro atoms. The van der Waals surface area contributed by atoms with Crippen LogP contribution in [0.4, 0.5) is 0 Å². The van der Waals surface area contributed by atoms with E-state index in [2.05, 4.69) is 14.8 Å². The molecule has 0 aliphatic carbocycles. The van der Waals surface area contributed by atoms with Crippen LogP contribution < -0.4 is 3.58 Å². The van der Waals surface area contributed by atoms with Crippen molar-refractivity contribution in [2.75, 3.05) is 0 Å². The Morgan fingerprint density at radius 2 is 1.77 bits per heavy atom. The Hall–Kier alpha value is -0.511. The number of benzene rings is 1. The Labute approximate surface area is 82.5 Å². The zero-order valence-electron chi connectivity index (χ0n) is 8.16. The third-order valence-corrected chi connectivity index (χ3v) is 7.82. The van der Waals surface area contributed by atoms with Gasteiger partial charge in [0.2, 0.25) is 0 Å². The second kappa shape index (κ2) is 3.70. The minimum absolute atomic E-state index is 0.491. The molecule has 0 radical (unpaired) electrons. The Kier molecular flexibility index (Phi) is 3.01. The first-order valence-corrected chi connectivity index (χ1v) is 14.2. The van der Waals surface area contributed by atoms with E-state index in [-0.39, 0.29) is 0 Å². The Morgan fingerprint density at radius 1 is 1.23 bits per heavy atom. The fourth-order valence-corrected chi connectivity index (χ4v) is 5.87. The summed E-state index contributed by atoms with van der Waals surface area (Å²) in [5, 5.41) is 8.96. The summed E-state index contributed by atoms with van der Waals surface area (Å²) in [4.78, 5) is 17.6. The van der Waals surface area contributed by atoms with Crippen molar-refractivity contribution in [2.45, 2.75) is 14.8 Å². The standard InChI is InChI=1S/C7H5O2.3CH3.Sn/c8-7(9)6-4-2-1-3-5-6;;;;/h1-4H,(H,8,9);3*1H3;. The van der Waals surface area contributed by atoms with Gasteiger partial charge in [0.05, 0.1) is 0 Å². The van der Waals surface area contributed by atoms with Crippen molar-refractivity contribution in [3.05, 3.63) is 29.8 Å². The summed E-state index contributed by atoms with van der Waals surface area (Å²) in [7, 11) is 0. The van der Waals surface area contributed by atoms with Crippen molar-refractivity contribution < 1.29 is 9.90 Å². The molecule has 2 nitrogen and oxygen atoms in total. The zero-order valence-corrected chi connectivity index (χ0v) is 11.0. The maximum atomic E-state index is 10.9. The van der Waals surface area contributed by atoms with Crippen molar-refractivity contribution >= 4 is 27.9 Å². The van der Waals surface area contributed by atoms with Gasteiger partial charge in [-0.2, -0.15) is 0 Å². The van der Waals surface area contributed by atoms with E-state index in [4.69, 9.17) is 5.11 Å². The molecule has 0 heterocycles. The van der Waals surface area contributed by atoms with Crippen molar-refractivity contribution in [2.24, 2.45) is 0 Å². The summed E-state index contributed by atoms with van der Waals surface area (Å²) in [6.45, 7) is 0. The Morgan fingerprint density at radius 3 is 2.15 bits per heavy atom. The molecule has 3 heteroatoms. The summed E-state index contributed by atoms with van der Waals surface area (Å²) in [5.41, 5.74) is 0.491. The number of carboxylic acid groups (broad SMARTS) is 1. The number of rotatable bonds is 2. The molecule has 0 atom stereocenters. The predicted octanol–water partition coefficient (Wildman–Crippen LogP) is 1.93. The fourth-order valence-electron chi connectivity index (χ4n) is 1.32. The first-order valence-electron chi connectivity index (χ1n) is 4.26. The van der Waals surface area contributed by atoms with Gasteiger partial charge in [-0.1, -0.05) is 0 Å². The molecule has 0 unspecified atom stereocenters. The van der Waals surface area contributed by atoms with E-state index in [1.54, 1.807) is 12.1 Å². The fraction of sp³-hybridized carbons (Fsp3) is 0.300. The summed E-state index contributed by atoms with van der Waals surface area (Å²) in [6, 6.07) is 7.36. The van der Waals surface area contributed by atoms with E-state index in [1.165, 1.54) is 0 Å². The molecular weight excluding hydrogens is 271 g/mol. The van der Waals surface area contributed by atoms with Crippen molar-refractivity contribution in [1.82, 2.24) is 0 Å². The van der Waals surface area contributed by atoms with Crippen LogP contribution >= 0.6 is 0 Å².